The maximum atomic E-state index is 13.4. The van der Waals surface area contributed by atoms with Crippen molar-refractivity contribution >= 4 is 34.1 Å². The molecule has 0 bridgehead atoms. The van der Waals surface area contributed by atoms with E-state index in [1.807, 2.05) is 13.8 Å². The van der Waals surface area contributed by atoms with Gasteiger partial charge in [0.15, 0.2) is 0 Å². The van der Waals surface area contributed by atoms with Gasteiger partial charge in [-0.25, -0.2) is 4.98 Å². The van der Waals surface area contributed by atoms with E-state index in [0.29, 0.717) is 28.2 Å². The quantitative estimate of drug-likeness (QED) is 0.482. The molecule has 33 heavy (non-hydrogen) atoms. The third kappa shape index (κ3) is 5.24. The minimum absolute atomic E-state index is 0.0520. The fraction of sp³-hybridized carbons (Fsp3) is 0.435. The number of nitrogens with one attached hydrogen (secondary N) is 2. The van der Waals surface area contributed by atoms with Crippen LogP contribution in [0.2, 0.25) is 5.02 Å². The standard InChI is InChI=1S/C23H25ClF3N5O/c1-13(2)32-20(8-9-28-32)22(33)30-16-5-3-4-15(11-16)29-19-12-21(23(25,26)27)31-18-7-6-14(24)10-17(18)19/h6-10,12-13,15-16H,3-5,11H2,1-2H3,(H,29,31)(H,30,33)/t15-,16+/m0/s1. The summed E-state index contributed by atoms with van der Waals surface area (Å²) in [5, 5.41) is 11.5. The summed E-state index contributed by atoms with van der Waals surface area (Å²) in [5.74, 6) is -0.202. The number of hydrogen-bond acceptors (Lipinski definition) is 4. The molecule has 1 saturated carbocycles. The molecule has 2 heterocycles. The van der Waals surface area contributed by atoms with Gasteiger partial charge in [-0.05, 0) is 69.9 Å². The van der Waals surface area contributed by atoms with E-state index in [4.69, 9.17) is 11.6 Å². The van der Waals surface area contributed by atoms with Crippen molar-refractivity contribution in [3.63, 3.8) is 0 Å². The van der Waals surface area contributed by atoms with Gasteiger partial charge in [-0.2, -0.15) is 18.3 Å². The Hall–Kier alpha value is -2.81. The van der Waals surface area contributed by atoms with Crippen LogP contribution in [0.1, 0.15) is 61.8 Å². The molecule has 2 aromatic heterocycles. The zero-order valence-corrected chi connectivity index (χ0v) is 19.0. The summed E-state index contributed by atoms with van der Waals surface area (Å²) >= 11 is 6.09. The second kappa shape index (κ2) is 9.21. The van der Waals surface area contributed by atoms with Gasteiger partial charge in [0.25, 0.3) is 5.91 Å². The number of carbonyl (C=O) groups excluding carboxylic acids is 1. The van der Waals surface area contributed by atoms with Crippen LogP contribution < -0.4 is 10.6 Å². The predicted molar refractivity (Wildman–Crippen MR) is 121 cm³/mol. The smallest absolute Gasteiger partial charge is 0.382 e. The normalized spacial score (nSPS) is 19.1. The van der Waals surface area contributed by atoms with E-state index in [-0.39, 0.29) is 29.5 Å². The Morgan fingerprint density at radius 3 is 2.67 bits per heavy atom. The van der Waals surface area contributed by atoms with Crippen LogP contribution in [0.3, 0.4) is 0 Å². The van der Waals surface area contributed by atoms with Crippen LogP contribution in [0.5, 0.6) is 0 Å². The zero-order chi connectivity index (χ0) is 23.8. The lowest BCUT2D eigenvalue weighted by Gasteiger charge is -2.31. The van der Waals surface area contributed by atoms with E-state index >= 15 is 0 Å². The Morgan fingerprint density at radius 2 is 1.94 bits per heavy atom. The van der Waals surface area contributed by atoms with Crippen molar-refractivity contribution in [3.05, 3.63) is 52.9 Å². The van der Waals surface area contributed by atoms with Crippen molar-refractivity contribution in [2.75, 3.05) is 5.32 Å². The van der Waals surface area contributed by atoms with Crippen molar-refractivity contribution in [2.45, 2.75) is 63.8 Å². The van der Waals surface area contributed by atoms with Crippen LogP contribution in [0.25, 0.3) is 10.9 Å². The largest absolute Gasteiger partial charge is 0.433 e. The number of amides is 1. The Labute approximate surface area is 194 Å². The molecule has 4 rings (SSSR count). The number of carbonyl (C=O) groups is 1. The van der Waals surface area contributed by atoms with E-state index in [9.17, 15) is 18.0 Å². The summed E-state index contributed by atoms with van der Waals surface area (Å²) in [7, 11) is 0. The molecule has 1 fully saturated rings. The maximum Gasteiger partial charge on any atom is 0.433 e. The number of aromatic nitrogens is 3. The van der Waals surface area contributed by atoms with Crippen LogP contribution in [-0.2, 0) is 6.18 Å². The first-order chi connectivity index (χ1) is 15.6. The van der Waals surface area contributed by atoms with Gasteiger partial charge >= 0.3 is 6.18 Å². The van der Waals surface area contributed by atoms with Crippen LogP contribution >= 0.6 is 11.6 Å². The minimum Gasteiger partial charge on any atom is -0.382 e. The third-order valence-corrected chi connectivity index (χ3v) is 6.06. The average molecular weight is 480 g/mol. The molecule has 0 saturated heterocycles. The summed E-state index contributed by atoms with van der Waals surface area (Å²) in [6, 6.07) is 7.18. The highest BCUT2D eigenvalue weighted by Gasteiger charge is 2.34. The predicted octanol–water partition coefficient (Wildman–Crippen LogP) is 5.84. The minimum atomic E-state index is -4.56. The number of rotatable bonds is 5. The molecule has 2 N–H and O–H groups in total. The number of pyridine rings is 1. The van der Waals surface area contributed by atoms with Crippen LogP contribution in [0.15, 0.2) is 36.5 Å². The van der Waals surface area contributed by atoms with Crippen molar-refractivity contribution in [2.24, 2.45) is 0 Å². The molecule has 1 aliphatic rings. The maximum absolute atomic E-state index is 13.4. The van der Waals surface area contributed by atoms with Crippen molar-refractivity contribution in [3.8, 4) is 0 Å². The molecular formula is C23H25ClF3N5O. The first kappa shape index (κ1) is 23.4. The number of hydrogen-bond donors (Lipinski definition) is 2. The fourth-order valence-electron chi connectivity index (χ4n) is 4.30. The van der Waals surface area contributed by atoms with Gasteiger partial charge in [0, 0.05) is 40.4 Å². The SMILES string of the molecule is CC(C)n1nccc1C(=O)N[C@@H]1CCC[C@H](Nc2cc(C(F)(F)F)nc3ccc(Cl)cc23)C1. The Balaban J connectivity index is 1.53. The number of alkyl halides is 3. The van der Waals surface area contributed by atoms with Gasteiger partial charge in [-0.1, -0.05) is 11.6 Å². The van der Waals surface area contributed by atoms with Crippen molar-refractivity contribution in [1.29, 1.82) is 0 Å². The summed E-state index contributed by atoms with van der Waals surface area (Å²) in [5.41, 5.74) is 0.0936. The first-order valence-corrected chi connectivity index (χ1v) is 11.3. The Morgan fingerprint density at radius 1 is 1.18 bits per heavy atom. The highest BCUT2D eigenvalue weighted by Crippen LogP contribution is 2.35. The lowest BCUT2D eigenvalue weighted by molar-refractivity contribution is -0.140. The number of benzene rings is 1. The van der Waals surface area contributed by atoms with Gasteiger partial charge in [-0.3, -0.25) is 9.48 Å². The molecule has 2 atom stereocenters. The highest BCUT2D eigenvalue weighted by molar-refractivity contribution is 6.31. The van der Waals surface area contributed by atoms with E-state index < -0.39 is 11.9 Å². The van der Waals surface area contributed by atoms with E-state index in [0.717, 1.165) is 25.3 Å². The number of halogens is 4. The molecule has 1 amide bonds. The van der Waals surface area contributed by atoms with Gasteiger partial charge < -0.3 is 10.6 Å². The molecule has 1 aliphatic carbocycles. The second-order valence-electron chi connectivity index (χ2n) is 8.65. The molecule has 0 unspecified atom stereocenters. The molecule has 0 aliphatic heterocycles. The lowest BCUT2D eigenvalue weighted by Crippen LogP contribution is -2.42. The first-order valence-electron chi connectivity index (χ1n) is 10.9. The van der Waals surface area contributed by atoms with Gasteiger partial charge in [0.05, 0.1) is 5.52 Å². The number of nitrogens with zero attached hydrogens (tertiary/aromatic N) is 3. The summed E-state index contributed by atoms with van der Waals surface area (Å²) in [6.45, 7) is 3.90. The monoisotopic (exact) mass is 479 g/mol. The molecule has 176 valence electrons. The molecule has 10 heteroatoms. The number of anilines is 1. The summed E-state index contributed by atoms with van der Waals surface area (Å²) in [6.07, 6.45) is 0.0402. The second-order valence-corrected chi connectivity index (χ2v) is 9.08. The summed E-state index contributed by atoms with van der Waals surface area (Å²) < 4.78 is 41.9. The Kier molecular flexibility index (Phi) is 6.52. The zero-order valence-electron chi connectivity index (χ0n) is 18.3. The van der Waals surface area contributed by atoms with Crippen molar-refractivity contribution < 1.29 is 18.0 Å². The third-order valence-electron chi connectivity index (χ3n) is 5.82. The van der Waals surface area contributed by atoms with Gasteiger partial charge in [0.2, 0.25) is 0 Å². The van der Waals surface area contributed by atoms with Gasteiger partial charge in [0.1, 0.15) is 11.4 Å². The van der Waals surface area contributed by atoms with E-state index in [1.54, 1.807) is 23.0 Å². The Bertz CT molecular complexity index is 1160. The molecule has 1 aromatic carbocycles. The molecule has 0 spiro atoms. The average Bonchev–Trinajstić information content (AvgIpc) is 3.24. The van der Waals surface area contributed by atoms with Crippen LogP contribution in [-0.4, -0.2) is 32.8 Å². The summed E-state index contributed by atoms with van der Waals surface area (Å²) in [4.78, 5) is 16.5. The molecular weight excluding hydrogens is 455 g/mol. The van der Waals surface area contributed by atoms with Crippen molar-refractivity contribution in [1.82, 2.24) is 20.1 Å². The van der Waals surface area contributed by atoms with E-state index in [1.165, 1.54) is 12.1 Å². The fourth-order valence-corrected chi connectivity index (χ4v) is 4.47. The number of fused-ring (bicyclic) bond motifs is 1. The molecule has 6 nitrogen and oxygen atoms in total. The molecule has 0 radical (unpaired) electrons. The highest BCUT2D eigenvalue weighted by atomic mass is 35.5. The van der Waals surface area contributed by atoms with E-state index in [2.05, 4.69) is 20.7 Å². The van der Waals surface area contributed by atoms with Crippen LogP contribution in [0.4, 0.5) is 18.9 Å². The van der Waals surface area contributed by atoms with Gasteiger partial charge in [-0.15, -0.1) is 0 Å². The molecule has 3 aromatic rings. The van der Waals surface area contributed by atoms with Crippen LogP contribution in [0, 0.1) is 0 Å². The topological polar surface area (TPSA) is 71.8 Å². The lowest BCUT2D eigenvalue weighted by atomic mass is 9.90.